The number of nitrogens with zero attached hydrogens (tertiary/aromatic N) is 3. The van der Waals surface area contributed by atoms with E-state index in [1.54, 1.807) is 24.4 Å². The molecule has 0 spiro atoms. The summed E-state index contributed by atoms with van der Waals surface area (Å²) in [5, 5.41) is 8.97. The van der Waals surface area contributed by atoms with Gasteiger partial charge in [-0.25, -0.2) is 9.07 Å². The number of pyridine rings is 1. The Labute approximate surface area is 130 Å². The molecule has 1 N–H and O–H groups in total. The normalized spacial score (nSPS) is 11.0. The molecule has 0 amide bonds. The molecule has 0 radical (unpaired) electrons. The first-order valence-electron chi connectivity index (χ1n) is 7.01. The standard InChI is InChI=1S/C17H11FN4O/c18-12-5-7-13(8-6-12)22-10-16(20-21-22)14-9-11-3-1-2-4-15(11)19-17(14)23/h1-10H,(H,19,23). The average molecular weight is 306 g/mol. The van der Waals surface area contributed by atoms with Gasteiger partial charge in [-0.3, -0.25) is 4.79 Å². The second-order valence-corrected chi connectivity index (χ2v) is 5.12. The van der Waals surface area contributed by atoms with Crippen LogP contribution < -0.4 is 5.56 Å². The average Bonchev–Trinajstić information content (AvgIpc) is 3.04. The zero-order chi connectivity index (χ0) is 15.8. The Bertz CT molecular complexity index is 1050. The van der Waals surface area contributed by atoms with Crippen LogP contribution >= 0.6 is 0 Å². The second-order valence-electron chi connectivity index (χ2n) is 5.12. The summed E-state index contributed by atoms with van der Waals surface area (Å²) in [6.07, 6.45) is 1.65. The van der Waals surface area contributed by atoms with E-state index in [9.17, 15) is 9.18 Å². The predicted octanol–water partition coefficient (Wildman–Crippen LogP) is 2.91. The van der Waals surface area contributed by atoms with E-state index in [1.807, 2.05) is 24.3 Å². The fourth-order valence-electron chi connectivity index (χ4n) is 2.44. The quantitative estimate of drug-likeness (QED) is 0.619. The third kappa shape index (κ3) is 2.40. The van der Waals surface area contributed by atoms with Crippen LogP contribution in [0.4, 0.5) is 4.39 Å². The molecule has 4 rings (SSSR count). The van der Waals surface area contributed by atoms with Crippen LogP contribution in [0.2, 0.25) is 0 Å². The highest BCUT2D eigenvalue weighted by molar-refractivity contribution is 5.82. The van der Waals surface area contributed by atoms with Crippen molar-refractivity contribution < 1.29 is 4.39 Å². The monoisotopic (exact) mass is 306 g/mol. The molecule has 0 aliphatic heterocycles. The number of aromatic amines is 1. The molecule has 2 heterocycles. The van der Waals surface area contributed by atoms with E-state index in [0.29, 0.717) is 16.9 Å². The van der Waals surface area contributed by atoms with Crippen molar-refractivity contribution >= 4 is 10.9 Å². The molecule has 5 nitrogen and oxygen atoms in total. The van der Waals surface area contributed by atoms with Crippen LogP contribution in [-0.4, -0.2) is 20.0 Å². The van der Waals surface area contributed by atoms with Crippen LogP contribution in [0, 0.1) is 5.82 Å². The van der Waals surface area contributed by atoms with Crippen molar-refractivity contribution in [1.29, 1.82) is 0 Å². The van der Waals surface area contributed by atoms with Crippen LogP contribution in [0.3, 0.4) is 0 Å². The van der Waals surface area contributed by atoms with E-state index in [-0.39, 0.29) is 11.4 Å². The van der Waals surface area contributed by atoms with Crippen LogP contribution in [0.5, 0.6) is 0 Å². The SMILES string of the molecule is O=c1[nH]c2ccccc2cc1-c1cn(-c2ccc(F)cc2)nn1. The maximum Gasteiger partial charge on any atom is 0.258 e. The lowest BCUT2D eigenvalue weighted by molar-refractivity contribution is 0.626. The number of H-pyrrole nitrogens is 1. The van der Waals surface area contributed by atoms with Crippen molar-refractivity contribution in [2.24, 2.45) is 0 Å². The van der Waals surface area contributed by atoms with Crippen LogP contribution in [0.15, 0.2) is 65.6 Å². The van der Waals surface area contributed by atoms with E-state index in [1.165, 1.54) is 16.8 Å². The van der Waals surface area contributed by atoms with Gasteiger partial charge in [0.15, 0.2) is 0 Å². The molecular weight excluding hydrogens is 295 g/mol. The lowest BCUT2D eigenvalue weighted by Crippen LogP contribution is -2.08. The van der Waals surface area contributed by atoms with Crippen molar-refractivity contribution in [1.82, 2.24) is 20.0 Å². The molecule has 0 fully saturated rings. The molecule has 112 valence electrons. The van der Waals surface area contributed by atoms with Crippen LogP contribution in [0.1, 0.15) is 0 Å². The minimum Gasteiger partial charge on any atom is -0.321 e. The van der Waals surface area contributed by atoms with Gasteiger partial charge in [-0.15, -0.1) is 5.10 Å². The molecule has 2 aromatic carbocycles. The minimum atomic E-state index is -0.319. The molecule has 0 unspecified atom stereocenters. The Balaban J connectivity index is 1.81. The number of fused-ring (bicyclic) bond motifs is 1. The summed E-state index contributed by atoms with van der Waals surface area (Å²) in [6.45, 7) is 0. The zero-order valence-corrected chi connectivity index (χ0v) is 11.9. The van der Waals surface area contributed by atoms with E-state index < -0.39 is 0 Å². The molecule has 0 atom stereocenters. The lowest BCUT2D eigenvalue weighted by Gasteiger charge is -2.00. The predicted molar refractivity (Wildman–Crippen MR) is 84.9 cm³/mol. The number of hydrogen-bond acceptors (Lipinski definition) is 3. The van der Waals surface area contributed by atoms with Crippen molar-refractivity contribution in [3.05, 3.63) is 77.0 Å². The second kappa shape index (κ2) is 5.17. The first kappa shape index (κ1) is 13.4. The molecule has 23 heavy (non-hydrogen) atoms. The van der Waals surface area contributed by atoms with Gasteiger partial charge in [0, 0.05) is 5.52 Å². The van der Waals surface area contributed by atoms with Gasteiger partial charge in [-0.05, 0) is 41.8 Å². The van der Waals surface area contributed by atoms with Gasteiger partial charge in [-0.2, -0.15) is 0 Å². The third-order valence-corrected chi connectivity index (χ3v) is 3.61. The topological polar surface area (TPSA) is 63.6 Å². The maximum absolute atomic E-state index is 13.0. The number of hydrogen-bond donors (Lipinski definition) is 1. The summed E-state index contributed by atoms with van der Waals surface area (Å²) >= 11 is 0. The summed E-state index contributed by atoms with van der Waals surface area (Å²) in [7, 11) is 0. The van der Waals surface area contributed by atoms with Crippen molar-refractivity contribution in [3.63, 3.8) is 0 Å². The smallest absolute Gasteiger partial charge is 0.258 e. The molecular formula is C17H11FN4O. The Kier molecular flexibility index (Phi) is 3.01. The van der Waals surface area contributed by atoms with Crippen LogP contribution in [-0.2, 0) is 0 Å². The van der Waals surface area contributed by atoms with E-state index in [0.717, 1.165) is 10.9 Å². The number of para-hydroxylation sites is 1. The Morgan fingerprint density at radius 2 is 1.83 bits per heavy atom. The van der Waals surface area contributed by atoms with Gasteiger partial charge >= 0.3 is 0 Å². The number of nitrogens with one attached hydrogen (secondary N) is 1. The van der Waals surface area contributed by atoms with Gasteiger partial charge in [0.05, 0.1) is 17.4 Å². The first-order chi connectivity index (χ1) is 11.2. The molecule has 0 aliphatic rings. The molecule has 2 aromatic heterocycles. The number of aromatic nitrogens is 4. The molecule has 4 aromatic rings. The zero-order valence-electron chi connectivity index (χ0n) is 11.9. The van der Waals surface area contributed by atoms with Gasteiger partial charge in [0.25, 0.3) is 5.56 Å². The summed E-state index contributed by atoms with van der Waals surface area (Å²) in [6, 6.07) is 15.2. The van der Waals surface area contributed by atoms with E-state index in [2.05, 4.69) is 15.3 Å². The van der Waals surface area contributed by atoms with Crippen molar-refractivity contribution in [3.8, 4) is 16.9 Å². The molecule has 6 heteroatoms. The van der Waals surface area contributed by atoms with Crippen LogP contribution in [0.25, 0.3) is 27.8 Å². The molecule has 0 bridgehead atoms. The molecule has 0 saturated heterocycles. The minimum absolute atomic E-state index is 0.227. The summed E-state index contributed by atoms with van der Waals surface area (Å²) < 4.78 is 14.5. The third-order valence-electron chi connectivity index (χ3n) is 3.61. The first-order valence-corrected chi connectivity index (χ1v) is 7.01. The van der Waals surface area contributed by atoms with Crippen molar-refractivity contribution in [2.75, 3.05) is 0 Å². The van der Waals surface area contributed by atoms with E-state index >= 15 is 0 Å². The van der Waals surface area contributed by atoms with Gasteiger partial charge in [-0.1, -0.05) is 23.4 Å². The van der Waals surface area contributed by atoms with Gasteiger partial charge in [0.1, 0.15) is 11.5 Å². The summed E-state index contributed by atoms with van der Waals surface area (Å²) in [4.78, 5) is 15.1. The highest BCUT2D eigenvalue weighted by Gasteiger charge is 2.10. The highest BCUT2D eigenvalue weighted by Crippen LogP contribution is 2.18. The highest BCUT2D eigenvalue weighted by atomic mass is 19.1. The molecule has 0 aliphatic carbocycles. The largest absolute Gasteiger partial charge is 0.321 e. The fraction of sp³-hybridized carbons (Fsp3) is 0. The maximum atomic E-state index is 13.0. The Hall–Kier alpha value is -3.28. The number of halogens is 1. The van der Waals surface area contributed by atoms with Crippen molar-refractivity contribution in [2.45, 2.75) is 0 Å². The number of rotatable bonds is 2. The summed E-state index contributed by atoms with van der Waals surface area (Å²) in [5.74, 6) is -0.319. The summed E-state index contributed by atoms with van der Waals surface area (Å²) in [5.41, 5.74) is 2.11. The Morgan fingerprint density at radius 3 is 2.65 bits per heavy atom. The van der Waals surface area contributed by atoms with Gasteiger partial charge < -0.3 is 4.98 Å². The lowest BCUT2D eigenvalue weighted by atomic mass is 10.1. The van der Waals surface area contributed by atoms with Gasteiger partial charge in [0.2, 0.25) is 0 Å². The fourth-order valence-corrected chi connectivity index (χ4v) is 2.44. The Morgan fingerprint density at radius 1 is 1.04 bits per heavy atom. The molecule has 0 saturated carbocycles. The number of benzene rings is 2. The van der Waals surface area contributed by atoms with E-state index in [4.69, 9.17) is 0 Å².